The van der Waals surface area contributed by atoms with Crippen molar-refractivity contribution < 1.29 is 22.6 Å². The van der Waals surface area contributed by atoms with Crippen LogP contribution in [-0.4, -0.2) is 32.1 Å². The van der Waals surface area contributed by atoms with E-state index < -0.39 is 6.36 Å². The van der Waals surface area contributed by atoms with Crippen LogP contribution in [0.25, 0.3) is 0 Å². The minimum absolute atomic E-state index is 0. The lowest BCUT2D eigenvalue weighted by atomic mass is 10.2. The highest BCUT2D eigenvalue weighted by Gasteiger charge is 2.30. The van der Waals surface area contributed by atoms with E-state index in [4.69, 9.17) is 10.5 Å². The molecule has 9 heteroatoms. The van der Waals surface area contributed by atoms with Crippen LogP contribution in [0.2, 0.25) is 0 Å². The number of nitrogens with two attached hydrogens (primary N) is 1. The fraction of sp³-hybridized carbons (Fsp3) is 0.400. The smallest absolute Gasteiger partial charge is 0.406 e. The first-order valence-corrected chi connectivity index (χ1v) is 6.98. The summed E-state index contributed by atoms with van der Waals surface area (Å²) in [6, 6.07) is 5.46. The van der Waals surface area contributed by atoms with Gasteiger partial charge in [-0.15, -0.1) is 43.7 Å². The average molecular weight is 459 g/mol. The standard InChI is InChI=1S/C15H20F3N3O2.HI/c1-2-3-9-22-10-8-20-14(19)21-11-12-4-6-13(7-5-12)23-15(16,17)18;/h2,4-7H,1,3,8-11H2,(H3,19,20,21);1H. The molecule has 0 aliphatic carbocycles. The molecule has 0 heterocycles. The summed E-state index contributed by atoms with van der Waals surface area (Å²) in [7, 11) is 0. The third-order valence-corrected chi connectivity index (χ3v) is 2.61. The summed E-state index contributed by atoms with van der Waals surface area (Å²) < 4.78 is 45.2. The molecule has 1 aromatic carbocycles. The average Bonchev–Trinajstić information content (AvgIpc) is 2.48. The van der Waals surface area contributed by atoms with Crippen LogP contribution in [0.15, 0.2) is 41.9 Å². The van der Waals surface area contributed by atoms with Gasteiger partial charge in [0.05, 0.1) is 19.8 Å². The highest BCUT2D eigenvalue weighted by atomic mass is 127. The van der Waals surface area contributed by atoms with E-state index in [9.17, 15) is 13.2 Å². The maximum atomic E-state index is 12.0. The number of nitrogens with one attached hydrogen (secondary N) is 1. The Morgan fingerprint density at radius 1 is 1.25 bits per heavy atom. The second-order valence-electron chi connectivity index (χ2n) is 4.51. The number of aliphatic imine (C=N–C) groups is 1. The van der Waals surface area contributed by atoms with Crippen molar-refractivity contribution in [3.63, 3.8) is 0 Å². The monoisotopic (exact) mass is 459 g/mol. The molecule has 0 saturated heterocycles. The van der Waals surface area contributed by atoms with E-state index in [1.165, 1.54) is 24.3 Å². The molecule has 0 bridgehead atoms. The fourth-order valence-electron chi connectivity index (χ4n) is 1.55. The number of halogens is 4. The molecule has 1 aromatic rings. The van der Waals surface area contributed by atoms with Crippen molar-refractivity contribution >= 4 is 29.9 Å². The molecule has 0 radical (unpaired) electrons. The second-order valence-corrected chi connectivity index (χ2v) is 4.51. The van der Waals surface area contributed by atoms with Gasteiger partial charge in [0.2, 0.25) is 0 Å². The Kier molecular flexibility index (Phi) is 11.2. The zero-order valence-electron chi connectivity index (χ0n) is 13.0. The zero-order chi connectivity index (χ0) is 17.1. The third-order valence-electron chi connectivity index (χ3n) is 2.61. The molecule has 3 N–H and O–H groups in total. The number of ether oxygens (including phenoxy) is 2. The van der Waals surface area contributed by atoms with Crippen molar-refractivity contribution in [3.05, 3.63) is 42.5 Å². The Morgan fingerprint density at radius 3 is 2.50 bits per heavy atom. The largest absolute Gasteiger partial charge is 0.573 e. The molecule has 0 spiro atoms. The molecule has 0 atom stereocenters. The summed E-state index contributed by atoms with van der Waals surface area (Å²) in [5.74, 6) is -0.0269. The van der Waals surface area contributed by atoms with Crippen molar-refractivity contribution in [2.45, 2.75) is 19.3 Å². The molecule has 136 valence electrons. The van der Waals surface area contributed by atoms with Gasteiger partial charge in [0.15, 0.2) is 5.96 Å². The number of alkyl halides is 3. The Balaban J connectivity index is 0.00000529. The highest BCUT2D eigenvalue weighted by molar-refractivity contribution is 14.0. The Hall–Kier alpha value is -1.49. The Labute approximate surface area is 156 Å². The number of hydrogen-bond acceptors (Lipinski definition) is 3. The summed E-state index contributed by atoms with van der Waals surface area (Å²) >= 11 is 0. The number of nitrogens with zero attached hydrogens (tertiary/aromatic N) is 1. The molecule has 1 rings (SSSR count). The van der Waals surface area contributed by atoms with E-state index in [0.29, 0.717) is 25.3 Å². The summed E-state index contributed by atoms with van der Waals surface area (Å²) in [6.45, 7) is 5.45. The minimum Gasteiger partial charge on any atom is -0.406 e. The van der Waals surface area contributed by atoms with Crippen LogP contribution in [0.1, 0.15) is 12.0 Å². The number of rotatable bonds is 9. The fourth-order valence-corrected chi connectivity index (χ4v) is 1.55. The number of benzene rings is 1. The van der Waals surface area contributed by atoms with Gasteiger partial charge in [0.25, 0.3) is 0 Å². The Bertz CT molecular complexity index is 508. The van der Waals surface area contributed by atoms with E-state index in [1.54, 1.807) is 6.08 Å². The van der Waals surface area contributed by atoms with Crippen LogP contribution in [0.3, 0.4) is 0 Å². The van der Waals surface area contributed by atoms with Crippen LogP contribution in [-0.2, 0) is 11.3 Å². The Morgan fingerprint density at radius 2 is 1.92 bits per heavy atom. The van der Waals surface area contributed by atoms with Crippen LogP contribution in [0, 0.1) is 0 Å². The number of hydrogen-bond donors (Lipinski definition) is 2. The molecule has 0 unspecified atom stereocenters. The summed E-state index contributed by atoms with van der Waals surface area (Å²) in [6.07, 6.45) is -2.13. The SMILES string of the molecule is C=CCCOCCNC(N)=NCc1ccc(OC(F)(F)F)cc1.I. The molecule has 0 aromatic heterocycles. The normalized spacial score (nSPS) is 11.5. The molecule has 0 amide bonds. The van der Waals surface area contributed by atoms with Crippen LogP contribution in [0.5, 0.6) is 5.75 Å². The summed E-state index contributed by atoms with van der Waals surface area (Å²) in [5.41, 5.74) is 6.38. The van der Waals surface area contributed by atoms with Crippen molar-refractivity contribution in [2.24, 2.45) is 10.7 Å². The highest BCUT2D eigenvalue weighted by Crippen LogP contribution is 2.22. The van der Waals surface area contributed by atoms with E-state index in [1.807, 2.05) is 0 Å². The van der Waals surface area contributed by atoms with Gasteiger partial charge >= 0.3 is 6.36 Å². The third kappa shape index (κ3) is 11.1. The lowest BCUT2D eigenvalue weighted by molar-refractivity contribution is -0.274. The first-order valence-electron chi connectivity index (χ1n) is 6.98. The molecule has 0 saturated carbocycles. The quantitative estimate of drug-likeness (QED) is 0.196. The van der Waals surface area contributed by atoms with Gasteiger partial charge in [-0.25, -0.2) is 4.99 Å². The maximum absolute atomic E-state index is 12.0. The van der Waals surface area contributed by atoms with Gasteiger partial charge in [-0.3, -0.25) is 0 Å². The van der Waals surface area contributed by atoms with Gasteiger partial charge in [0.1, 0.15) is 5.75 Å². The van der Waals surface area contributed by atoms with Crippen molar-refractivity contribution in [1.82, 2.24) is 5.32 Å². The summed E-state index contributed by atoms with van der Waals surface area (Å²) in [5, 5.41) is 2.88. The predicted molar refractivity (Wildman–Crippen MR) is 97.5 cm³/mol. The van der Waals surface area contributed by atoms with Crippen LogP contribution >= 0.6 is 24.0 Å². The number of guanidine groups is 1. The maximum Gasteiger partial charge on any atom is 0.573 e. The van der Waals surface area contributed by atoms with E-state index in [0.717, 1.165) is 6.42 Å². The van der Waals surface area contributed by atoms with Gasteiger partial charge in [-0.1, -0.05) is 18.2 Å². The van der Waals surface area contributed by atoms with Crippen molar-refractivity contribution in [3.8, 4) is 5.75 Å². The first-order chi connectivity index (χ1) is 10.9. The lowest BCUT2D eigenvalue weighted by Crippen LogP contribution is -2.34. The molecular weight excluding hydrogens is 438 g/mol. The summed E-state index contributed by atoms with van der Waals surface area (Å²) in [4.78, 5) is 4.08. The second kappa shape index (κ2) is 12.0. The molecule has 5 nitrogen and oxygen atoms in total. The van der Waals surface area contributed by atoms with E-state index in [2.05, 4.69) is 21.6 Å². The van der Waals surface area contributed by atoms with Gasteiger partial charge in [-0.05, 0) is 24.1 Å². The van der Waals surface area contributed by atoms with Gasteiger partial charge in [-0.2, -0.15) is 0 Å². The van der Waals surface area contributed by atoms with E-state index in [-0.39, 0.29) is 42.2 Å². The molecule has 24 heavy (non-hydrogen) atoms. The lowest BCUT2D eigenvalue weighted by Gasteiger charge is -2.09. The molecule has 0 aliphatic rings. The van der Waals surface area contributed by atoms with E-state index >= 15 is 0 Å². The van der Waals surface area contributed by atoms with Crippen molar-refractivity contribution in [1.29, 1.82) is 0 Å². The zero-order valence-corrected chi connectivity index (χ0v) is 15.3. The topological polar surface area (TPSA) is 68.9 Å². The molecule has 0 fully saturated rings. The van der Waals surface area contributed by atoms with Crippen molar-refractivity contribution in [2.75, 3.05) is 19.8 Å². The predicted octanol–water partition coefficient (Wildman–Crippen LogP) is 3.20. The van der Waals surface area contributed by atoms with Crippen LogP contribution in [0.4, 0.5) is 13.2 Å². The minimum atomic E-state index is -4.69. The van der Waals surface area contributed by atoms with Crippen LogP contribution < -0.4 is 15.8 Å². The molecule has 0 aliphatic heterocycles. The first kappa shape index (κ1) is 22.5. The molecular formula is C15H21F3IN3O2. The van der Waals surface area contributed by atoms with Gasteiger partial charge < -0.3 is 20.5 Å². The van der Waals surface area contributed by atoms with Gasteiger partial charge in [0, 0.05) is 6.54 Å².